The second-order valence-corrected chi connectivity index (χ2v) is 5.12. The van der Waals surface area contributed by atoms with Crippen molar-refractivity contribution in [2.45, 2.75) is 0 Å². The number of para-hydroxylation sites is 2. The molecule has 1 N–H and O–H groups in total. The number of pyridine rings is 1. The van der Waals surface area contributed by atoms with E-state index in [0.29, 0.717) is 0 Å². The Labute approximate surface area is 123 Å². The molecule has 0 fully saturated rings. The SMILES string of the molecule is c1ccc2c(c1)NCCN=C2c1cnc2ccccc2c1. The minimum absolute atomic E-state index is 0.775. The Morgan fingerprint density at radius 2 is 1.81 bits per heavy atom. The summed E-state index contributed by atoms with van der Waals surface area (Å²) in [5, 5.41) is 4.57. The van der Waals surface area contributed by atoms with Crippen LogP contribution in [0.1, 0.15) is 11.1 Å². The molecule has 4 rings (SSSR count). The van der Waals surface area contributed by atoms with Gasteiger partial charge in [0.25, 0.3) is 0 Å². The number of aliphatic imine (C=N–C) groups is 1. The van der Waals surface area contributed by atoms with Crippen LogP contribution in [0.2, 0.25) is 0 Å². The fraction of sp³-hybridized carbons (Fsp3) is 0.111. The fourth-order valence-corrected chi connectivity index (χ4v) is 2.73. The molecular formula is C18H15N3. The zero-order valence-electron chi connectivity index (χ0n) is 11.6. The topological polar surface area (TPSA) is 37.3 Å². The highest BCUT2D eigenvalue weighted by Gasteiger charge is 2.14. The summed E-state index contributed by atoms with van der Waals surface area (Å²) in [6.45, 7) is 1.64. The Morgan fingerprint density at radius 1 is 0.952 bits per heavy atom. The number of nitrogens with zero attached hydrogens (tertiary/aromatic N) is 2. The number of nitrogens with one attached hydrogen (secondary N) is 1. The van der Waals surface area contributed by atoms with Crippen molar-refractivity contribution in [2.24, 2.45) is 4.99 Å². The van der Waals surface area contributed by atoms with Gasteiger partial charge in [-0.25, -0.2) is 0 Å². The van der Waals surface area contributed by atoms with Crippen LogP contribution in [0.15, 0.2) is 65.8 Å². The minimum atomic E-state index is 0.775. The first-order valence-corrected chi connectivity index (χ1v) is 7.15. The first kappa shape index (κ1) is 12.1. The molecule has 3 heteroatoms. The quantitative estimate of drug-likeness (QED) is 0.737. The number of fused-ring (bicyclic) bond motifs is 2. The van der Waals surface area contributed by atoms with Crippen LogP contribution in [-0.2, 0) is 0 Å². The molecule has 0 saturated heterocycles. The first-order valence-electron chi connectivity index (χ1n) is 7.15. The smallest absolute Gasteiger partial charge is 0.0756 e. The van der Waals surface area contributed by atoms with Crippen LogP contribution in [0.25, 0.3) is 10.9 Å². The highest BCUT2D eigenvalue weighted by Crippen LogP contribution is 2.23. The van der Waals surface area contributed by atoms with Crippen LogP contribution in [0.5, 0.6) is 0 Å². The summed E-state index contributed by atoms with van der Waals surface area (Å²) < 4.78 is 0. The van der Waals surface area contributed by atoms with E-state index in [1.807, 2.05) is 30.5 Å². The fourth-order valence-electron chi connectivity index (χ4n) is 2.73. The van der Waals surface area contributed by atoms with Gasteiger partial charge in [0.1, 0.15) is 0 Å². The van der Waals surface area contributed by atoms with Gasteiger partial charge in [0, 0.05) is 34.9 Å². The van der Waals surface area contributed by atoms with E-state index < -0.39 is 0 Å². The predicted octanol–water partition coefficient (Wildman–Crippen LogP) is 3.50. The summed E-state index contributed by atoms with van der Waals surface area (Å²) >= 11 is 0. The lowest BCUT2D eigenvalue weighted by Gasteiger charge is -2.10. The zero-order chi connectivity index (χ0) is 14.1. The van der Waals surface area contributed by atoms with Gasteiger partial charge in [-0.15, -0.1) is 0 Å². The van der Waals surface area contributed by atoms with E-state index >= 15 is 0 Å². The average molecular weight is 273 g/mol. The molecule has 0 amide bonds. The van der Waals surface area contributed by atoms with Gasteiger partial charge in [-0.3, -0.25) is 9.98 Å². The lowest BCUT2D eigenvalue weighted by atomic mass is 10.0. The molecule has 2 aromatic carbocycles. The van der Waals surface area contributed by atoms with Gasteiger partial charge in [0.15, 0.2) is 0 Å². The Balaban J connectivity index is 1.89. The lowest BCUT2D eigenvalue weighted by molar-refractivity contribution is 1.04. The van der Waals surface area contributed by atoms with Crippen molar-refractivity contribution >= 4 is 22.3 Å². The number of hydrogen-bond acceptors (Lipinski definition) is 3. The molecule has 0 saturated carbocycles. The maximum atomic E-state index is 4.76. The van der Waals surface area contributed by atoms with Gasteiger partial charge in [-0.1, -0.05) is 36.4 Å². The summed E-state index contributed by atoms with van der Waals surface area (Å²) in [6.07, 6.45) is 1.92. The van der Waals surface area contributed by atoms with Crippen molar-refractivity contribution in [3.05, 3.63) is 71.9 Å². The molecule has 0 atom stereocenters. The molecule has 3 nitrogen and oxygen atoms in total. The molecule has 2 heterocycles. The van der Waals surface area contributed by atoms with Crippen LogP contribution in [0.4, 0.5) is 5.69 Å². The summed E-state index contributed by atoms with van der Waals surface area (Å²) in [5.41, 5.74) is 5.40. The van der Waals surface area contributed by atoms with E-state index in [0.717, 1.165) is 46.5 Å². The molecule has 0 bridgehead atoms. The normalized spacial score (nSPS) is 14.0. The van der Waals surface area contributed by atoms with E-state index in [1.54, 1.807) is 0 Å². The van der Waals surface area contributed by atoms with Gasteiger partial charge in [0.05, 0.1) is 17.8 Å². The molecule has 0 aliphatic carbocycles. The molecule has 0 unspecified atom stereocenters. The monoisotopic (exact) mass is 273 g/mol. The molecular weight excluding hydrogens is 258 g/mol. The Bertz CT molecular complexity index is 836. The largest absolute Gasteiger partial charge is 0.383 e. The van der Waals surface area contributed by atoms with Crippen molar-refractivity contribution in [3.63, 3.8) is 0 Å². The van der Waals surface area contributed by atoms with Crippen LogP contribution in [0, 0.1) is 0 Å². The van der Waals surface area contributed by atoms with Crippen molar-refractivity contribution in [3.8, 4) is 0 Å². The van der Waals surface area contributed by atoms with E-state index in [2.05, 4.69) is 40.6 Å². The number of benzene rings is 2. The molecule has 1 aromatic heterocycles. The maximum absolute atomic E-state index is 4.76. The van der Waals surface area contributed by atoms with Gasteiger partial charge in [0.2, 0.25) is 0 Å². The average Bonchev–Trinajstić information content (AvgIpc) is 2.77. The van der Waals surface area contributed by atoms with E-state index in [-0.39, 0.29) is 0 Å². The van der Waals surface area contributed by atoms with E-state index in [9.17, 15) is 0 Å². The van der Waals surface area contributed by atoms with Gasteiger partial charge < -0.3 is 5.32 Å². The van der Waals surface area contributed by atoms with E-state index in [1.165, 1.54) is 0 Å². The van der Waals surface area contributed by atoms with Crippen LogP contribution in [-0.4, -0.2) is 23.8 Å². The molecule has 1 aliphatic heterocycles. The molecule has 102 valence electrons. The van der Waals surface area contributed by atoms with Crippen molar-refractivity contribution in [1.82, 2.24) is 4.98 Å². The summed E-state index contributed by atoms with van der Waals surface area (Å²) in [6, 6.07) is 18.7. The van der Waals surface area contributed by atoms with Crippen molar-refractivity contribution < 1.29 is 0 Å². The van der Waals surface area contributed by atoms with Gasteiger partial charge in [-0.05, 0) is 18.2 Å². The zero-order valence-corrected chi connectivity index (χ0v) is 11.6. The summed E-state index contributed by atoms with van der Waals surface area (Å²) in [5.74, 6) is 0. The summed E-state index contributed by atoms with van der Waals surface area (Å²) in [7, 11) is 0. The number of aromatic nitrogens is 1. The third kappa shape index (κ3) is 2.17. The van der Waals surface area contributed by atoms with Gasteiger partial charge in [-0.2, -0.15) is 0 Å². The molecule has 0 spiro atoms. The maximum Gasteiger partial charge on any atom is 0.0756 e. The first-order chi connectivity index (χ1) is 10.4. The van der Waals surface area contributed by atoms with Crippen LogP contribution >= 0.6 is 0 Å². The van der Waals surface area contributed by atoms with E-state index in [4.69, 9.17) is 4.99 Å². The number of benzodiazepines with no additional fused rings is 1. The third-order valence-corrected chi connectivity index (χ3v) is 3.74. The standard InChI is InChI=1S/C18H15N3/c1-3-7-16-13(5-1)11-14(12-21-16)18-15-6-2-4-8-17(15)19-9-10-20-18/h1-8,11-12,19H,9-10H2. The Morgan fingerprint density at radius 3 is 2.81 bits per heavy atom. The lowest BCUT2D eigenvalue weighted by Crippen LogP contribution is -2.05. The predicted molar refractivity (Wildman–Crippen MR) is 87.2 cm³/mol. The van der Waals surface area contributed by atoms with Crippen molar-refractivity contribution in [2.75, 3.05) is 18.4 Å². The molecule has 3 aromatic rings. The van der Waals surface area contributed by atoms with Gasteiger partial charge >= 0.3 is 0 Å². The number of rotatable bonds is 1. The highest BCUT2D eigenvalue weighted by atomic mass is 14.9. The Hall–Kier alpha value is -2.68. The molecule has 0 radical (unpaired) electrons. The molecule has 21 heavy (non-hydrogen) atoms. The Kier molecular flexibility index (Phi) is 2.89. The number of hydrogen-bond donors (Lipinski definition) is 1. The van der Waals surface area contributed by atoms with Crippen LogP contribution in [0.3, 0.4) is 0 Å². The highest BCUT2D eigenvalue weighted by molar-refractivity contribution is 6.16. The molecule has 1 aliphatic rings. The minimum Gasteiger partial charge on any atom is -0.383 e. The van der Waals surface area contributed by atoms with Crippen LogP contribution < -0.4 is 5.32 Å². The second kappa shape index (κ2) is 5.02. The number of anilines is 1. The summed E-state index contributed by atoms with van der Waals surface area (Å²) in [4.78, 5) is 9.31. The second-order valence-electron chi connectivity index (χ2n) is 5.12. The third-order valence-electron chi connectivity index (χ3n) is 3.74. The van der Waals surface area contributed by atoms with Crippen molar-refractivity contribution in [1.29, 1.82) is 0 Å².